The van der Waals surface area contributed by atoms with Gasteiger partial charge in [-0.15, -0.1) is 0 Å². The molecule has 10 unspecified atom stereocenters. The van der Waals surface area contributed by atoms with E-state index in [1.54, 1.807) is 262 Å². The van der Waals surface area contributed by atoms with E-state index in [2.05, 4.69) is 77.6 Å². The van der Waals surface area contributed by atoms with Gasteiger partial charge >= 0.3 is 0 Å². The third-order valence-corrected chi connectivity index (χ3v) is 38.6. The van der Waals surface area contributed by atoms with E-state index in [4.69, 9.17) is 116 Å². The maximum Gasteiger partial charge on any atom is 0.253 e. The van der Waals surface area contributed by atoms with E-state index < -0.39 is 162 Å². The zero-order valence-corrected chi connectivity index (χ0v) is 98.8. The number of rotatable bonds is 35. The summed E-state index contributed by atoms with van der Waals surface area (Å²) in [4.78, 5) is 49.8. The van der Waals surface area contributed by atoms with Gasteiger partial charge in [0.1, 0.15) is 64.2 Å². The highest BCUT2D eigenvalue weighted by Crippen LogP contribution is 2.39. The molecule has 24 nitrogen and oxygen atoms in total. The SMILES string of the molecule is COc1ccc(S(=O)C(Cl)(Cl)[13C](C)=O)cc1.COc1ccc(S(=O)[13C](Br)(Br)C(C)=O)cc1.COc1ccc(S(=O)[13C](Br)(Br)[13C](C)=O)cc1.COc1ccc(S(=O)[13C](Cl)(Cl)[13C](C)=O)cc1.COc1ccc(S(C)=O)c(Cl)c1.COc1ccc(S(C)=O)cc1.[1H][13C@@]([2H])(C)S(=O)c1ccc(OC)cc1.[1H][13C@@]([2H])(C)S(=O)c1ccc(OC)cc1CF.[1H][13C]([1H])(C)S(=O)c1ccc(OC)cc1.[1H][13C]([1H])(C)S(=O)c1ccc(OC)cc1CC(C)C. The summed E-state index contributed by atoms with van der Waals surface area (Å²) in [5.41, 5.74) is -5.96. The number of methoxy groups -OCH3 is 10. The van der Waals surface area contributed by atoms with Gasteiger partial charge in [-0.3, -0.25) is 61.3 Å². The molecule has 0 aliphatic heterocycles. The Labute approximate surface area is 921 Å². The molecule has 10 aromatic rings. The Kier molecular flexibility index (Phi) is 57.9. The van der Waals surface area contributed by atoms with Crippen LogP contribution in [0.25, 0.3) is 0 Å². The molecule has 0 fully saturated rings. The molecule has 0 bridgehead atoms. The minimum Gasteiger partial charge on any atom is -0.497 e. The van der Waals surface area contributed by atoms with Crippen molar-refractivity contribution in [2.24, 2.45) is 5.92 Å². The third kappa shape index (κ3) is 45.9. The van der Waals surface area contributed by atoms with Crippen molar-refractivity contribution in [2.75, 3.05) is 106 Å². The van der Waals surface area contributed by atoms with Gasteiger partial charge in [-0.2, -0.15) is 0 Å². The number of hydrogen-bond donors (Lipinski definition) is 0. The lowest BCUT2D eigenvalue weighted by molar-refractivity contribution is -0.116. The zero-order chi connectivity index (χ0) is 115. The number of benzene rings is 10. The standard InChI is InChI=1S/C13H20O2S.2C10H10Br2O3S.2C10H10Cl2O3S.C10H13FO2S.2C9H12O2S.C8H9ClO2S.C8H10O2S/c1-5-16(14)13-7-6-12(15-4)9-11(13)8-10(2)3;4*1-7(13)10(11,12)16(14)9-5-3-8(15-2)4-6-9;1-3-14(12)10-5-4-9(13-2)6-8(10)7-11;2*1-3-12(10)9-6-4-8(11-2)5-7-9;1-11-6-3-4-8(12(2)10)7(9)5-6;1-10-7-3-5-8(6-4-7)11(2)9/h6-7,9-10H,5,8H2,1-4H3;4*3-6H,1-2H3;4-6H,3,7H2,1-2H3;2*4-7H,3H2,1-2H3;3-5H,1-2H3;3-6H,1-2H3/i5+1H2;7+1,10+1;10+1;7+1,10+1;7+1;2*3+1DH;3+1H2;;/t;;;;;3-,14?;3-,12?;;;/m.....11.../s1. The number of Topliss-reactive ketones (excluding diaryl/α,β-unsaturated/α-hetero) is 4. The van der Waals surface area contributed by atoms with Gasteiger partial charge in [-0.05, 0) is 334 Å². The fourth-order valence-corrected chi connectivity index (χ4v) is 21.3. The van der Waals surface area contributed by atoms with Gasteiger partial charge < -0.3 is 47.4 Å². The van der Waals surface area contributed by atoms with Crippen molar-refractivity contribution in [1.82, 2.24) is 0 Å². The van der Waals surface area contributed by atoms with Crippen LogP contribution in [0.2, 0.25) is 5.02 Å². The van der Waals surface area contributed by atoms with E-state index in [-0.39, 0.29) is 22.0 Å². The molecule has 0 heterocycles. The first-order valence-corrected chi connectivity index (χ1v) is 57.7. The Morgan fingerprint density at radius 1 is 0.333 bits per heavy atom. The van der Waals surface area contributed by atoms with Crippen molar-refractivity contribution in [3.63, 3.8) is 0 Å². The van der Waals surface area contributed by atoms with E-state index in [0.717, 1.165) is 22.6 Å². The lowest BCUT2D eigenvalue weighted by atomic mass is 10.0. The molecule has 0 aliphatic carbocycles. The minimum atomic E-state index is -1.91. The highest BCUT2D eigenvalue weighted by molar-refractivity contribution is 9.28. The fraction of sp³-hybridized carbons (Fsp3) is 0.340. The average molecular weight is 2510 g/mol. The number of hydrogen-bond acceptors (Lipinski definition) is 24. The first kappa shape index (κ1) is 118. The van der Waals surface area contributed by atoms with Gasteiger partial charge in [0, 0.05) is 107 Å². The zero-order valence-electron chi connectivity index (χ0n) is 88.5. The van der Waals surface area contributed by atoms with Crippen LogP contribution >= 0.6 is 122 Å². The molecule has 0 saturated heterocycles. The van der Waals surface area contributed by atoms with Gasteiger partial charge in [0.2, 0.25) is 5.13 Å². The summed E-state index contributed by atoms with van der Waals surface area (Å²) >= 11 is 41.2. The molecule has 10 aromatic carbocycles. The lowest BCUT2D eigenvalue weighted by Crippen LogP contribution is -2.28. The first-order chi connectivity index (χ1) is 69.0. The molecule has 0 radical (unpaired) electrons. The van der Waals surface area contributed by atoms with E-state index in [9.17, 15) is 65.7 Å². The molecular formula is C97H116Br4Cl5FO24S10. The van der Waals surface area contributed by atoms with Crippen LogP contribution in [0, 0.1) is 5.92 Å². The highest BCUT2D eigenvalue weighted by Gasteiger charge is 2.41. The second-order valence-corrected chi connectivity index (χ2v) is 55.1. The normalized spacial score (nSPS) is 14.8. The summed E-state index contributed by atoms with van der Waals surface area (Å²) in [5.74, 6) is 5.40. The summed E-state index contributed by atoms with van der Waals surface area (Å²) in [5, 5.41) is 0.482. The minimum absolute atomic E-state index is 0.177. The molecular weight excluding hydrogens is 2400 g/mol. The molecule has 778 valence electrons. The predicted octanol–water partition coefficient (Wildman–Crippen LogP) is 23.2. The molecule has 44 heteroatoms. The highest BCUT2D eigenvalue weighted by atomic mass is 79.9. The summed E-state index contributed by atoms with van der Waals surface area (Å²) in [6.07, 6.45) is 4.00. The van der Waals surface area contributed by atoms with E-state index in [1.165, 1.54) is 94.9 Å². The van der Waals surface area contributed by atoms with Crippen LogP contribution in [0.1, 0.15) is 91.3 Å². The smallest absolute Gasteiger partial charge is 0.253 e. The molecule has 0 spiro atoms. The largest absolute Gasteiger partial charge is 0.497 e. The molecule has 12 atom stereocenters. The molecule has 10 rings (SSSR count). The van der Waals surface area contributed by atoms with Crippen molar-refractivity contribution in [1.29, 1.82) is 0 Å². The molecule has 141 heavy (non-hydrogen) atoms. The number of ketones is 4. The monoisotopic (exact) mass is 2510 g/mol. The van der Waals surface area contributed by atoms with Crippen molar-refractivity contribution >= 4 is 253 Å². The summed E-state index contributed by atoms with van der Waals surface area (Å²) in [7, 11) is 0.0897. The quantitative estimate of drug-likeness (QED) is 0.0263. The predicted molar refractivity (Wildman–Crippen MR) is 589 cm³/mol. The van der Waals surface area contributed by atoms with Crippen LogP contribution < -0.4 is 47.4 Å². The van der Waals surface area contributed by atoms with Gasteiger partial charge in [0.25, 0.3) is 7.33 Å². The molecule has 0 amide bonds. The Morgan fingerprint density at radius 3 is 0.794 bits per heavy atom. The summed E-state index contributed by atoms with van der Waals surface area (Å²) < 4.78 is 232. The number of carbonyl (C=O) groups is 4. The van der Waals surface area contributed by atoms with Crippen molar-refractivity contribution in [2.45, 2.75) is 144 Å². The van der Waals surface area contributed by atoms with E-state index in [1.807, 2.05) is 6.07 Å². The van der Waals surface area contributed by atoms with Gasteiger partial charge in [0.05, 0.1) is 178 Å². The Balaban J connectivity index is 0.000000830. The summed E-state index contributed by atoms with van der Waals surface area (Å²) in [6, 6.07) is 61.2. The second-order valence-electron chi connectivity index (χ2n) is 27.4. The Bertz CT molecular complexity index is 5840. The maximum absolute atomic E-state index is 12.7. The molecule has 0 aromatic heterocycles. The topological polar surface area (TPSA) is 331 Å². The number of halogens is 10. The maximum atomic E-state index is 12.7. The summed E-state index contributed by atoms with van der Waals surface area (Å²) in [6.45, 7) is 13.6. The molecule has 0 N–H and O–H groups in total. The van der Waals surface area contributed by atoms with Crippen LogP contribution in [-0.4, -0.2) is 184 Å². The lowest BCUT2D eigenvalue weighted by Gasteiger charge is -2.16. The Hall–Kier alpha value is -6.32. The second kappa shape index (κ2) is 69.0. The van der Waals surface area contributed by atoms with Gasteiger partial charge in [0.15, 0.2) is 23.1 Å². The van der Waals surface area contributed by atoms with Crippen LogP contribution in [0.15, 0.2) is 273 Å². The van der Waals surface area contributed by atoms with Crippen LogP contribution in [0.4, 0.5) is 4.39 Å². The average Bonchev–Trinajstić information content (AvgIpc) is 0.642. The molecule has 0 saturated carbocycles. The fourth-order valence-electron chi connectivity index (χ4n) is 9.81. The number of ether oxygens (including phenoxy) is 10. The van der Waals surface area contributed by atoms with E-state index in [0.29, 0.717) is 102 Å². The van der Waals surface area contributed by atoms with Crippen LogP contribution in [0.5, 0.6) is 57.5 Å². The first-order valence-electron chi connectivity index (χ1n) is 44.3. The number of carbonyl (C=O) groups excluding carboxylic acids is 4. The van der Waals surface area contributed by atoms with Crippen LogP contribution in [-0.2, 0) is 140 Å². The van der Waals surface area contributed by atoms with Gasteiger partial charge in [-0.1, -0.05) is 99.5 Å². The van der Waals surface area contributed by atoms with Crippen molar-refractivity contribution < 1.29 is 124 Å². The van der Waals surface area contributed by atoms with Crippen molar-refractivity contribution in [3.8, 4) is 57.5 Å². The van der Waals surface area contributed by atoms with E-state index >= 15 is 0 Å². The van der Waals surface area contributed by atoms with Crippen molar-refractivity contribution in [3.05, 3.63) is 241 Å². The number of alkyl halides is 9. The van der Waals surface area contributed by atoms with Crippen LogP contribution in [0.3, 0.4) is 0 Å². The van der Waals surface area contributed by atoms with Gasteiger partial charge in [-0.25, -0.2) is 4.39 Å². The third-order valence-electron chi connectivity index (χ3n) is 17.5. The Morgan fingerprint density at radius 2 is 0.567 bits per heavy atom. The molecule has 0 aliphatic rings.